The minimum Gasteiger partial charge on any atom is -0.314 e. The Balaban J connectivity index is 2.01. The lowest BCUT2D eigenvalue weighted by Gasteiger charge is -2.26. The fourth-order valence-electron chi connectivity index (χ4n) is 2.07. The monoisotopic (exact) mass is 271 g/mol. The summed E-state index contributed by atoms with van der Waals surface area (Å²) in [4.78, 5) is 0. The van der Waals surface area contributed by atoms with E-state index in [1.807, 2.05) is 12.1 Å². The third-order valence-electron chi connectivity index (χ3n) is 2.93. The molecule has 1 nitrogen and oxygen atoms in total. The minimum absolute atomic E-state index is 0.181. The number of rotatable bonds is 2. The number of piperidine rings is 1. The van der Waals surface area contributed by atoms with E-state index >= 15 is 0 Å². The Kier molecular flexibility index (Phi) is 3.76. The van der Waals surface area contributed by atoms with E-state index < -0.39 is 6.17 Å². The normalized spacial score (nSPS) is 26.5. The molecule has 15 heavy (non-hydrogen) atoms. The van der Waals surface area contributed by atoms with E-state index in [2.05, 4.69) is 33.4 Å². The molecule has 1 fully saturated rings. The van der Waals surface area contributed by atoms with Crippen LogP contribution in [-0.4, -0.2) is 19.3 Å². The van der Waals surface area contributed by atoms with Crippen LogP contribution in [-0.2, 0) is 6.42 Å². The second-order valence-corrected chi connectivity index (χ2v) is 5.02. The summed E-state index contributed by atoms with van der Waals surface area (Å²) in [5.41, 5.74) is 1.22. The Hall–Kier alpha value is -0.410. The zero-order valence-corrected chi connectivity index (χ0v) is 10.1. The molecule has 0 spiro atoms. The summed E-state index contributed by atoms with van der Waals surface area (Å²) in [6.07, 6.45) is 1.09. The molecular formula is C12H15BrFN. The quantitative estimate of drug-likeness (QED) is 0.872. The maximum Gasteiger partial charge on any atom is 0.116 e. The van der Waals surface area contributed by atoms with Crippen LogP contribution in [0.5, 0.6) is 0 Å². The molecule has 1 aromatic carbocycles. The predicted octanol–water partition coefficient (Wildman–Crippen LogP) is 2.94. The molecular weight excluding hydrogens is 257 g/mol. The molecule has 82 valence electrons. The van der Waals surface area contributed by atoms with Crippen LogP contribution in [0.25, 0.3) is 0 Å². The number of hydrogen-bond donors (Lipinski definition) is 1. The van der Waals surface area contributed by atoms with Crippen LogP contribution in [0.3, 0.4) is 0 Å². The first-order chi connectivity index (χ1) is 7.25. The van der Waals surface area contributed by atoms with Gasteiger partial charge in [0.2, 0.25) is 0 Å². The molecule has 2 atom stereocenters. The second kappa shape index (κ2) is 5.08. The summed E-state index contributed by atoms with van der Waals surface area (Å²) in [6.45, 7) is 1.46. The average Bonchev–Trinajstić information content (AvgIpc) is 2.22. The lowest BCUT2D eigenvalue weighted by Crippen LogP contribution is -2.38. The summed E-state index contributed by atoms with van der Waals surface area (Å²) in [5.74, 6) is 0.181. The van der Waals surface area contributed by atoms with Crippen LogP contribution in [0.15, 0.2) is 28.7 Å². The molecule has 1 heterocycles. The first-order valence-corrected chi connectivity index (χ1v) is 6.14. The Labute approximate surface area is 98.2 Å². The number of nitrogens with one attached hydrogen (secondary N) is 1. The van der Waals surface area contributed by atoms with Crippen LogP contribution in [0.4, 0.5) is 4.39 Å². The van der Waals surface area contributed by atoms with Crippen molar-refractivity contribution in [1.29, 1.82) is 0 Å². The largest absolute Gasteiger partial charge is 0.314 e. The van der Waals surface area contributed by atoms with Gasteiger partial charge in [-0.15, -0.1) is 0 Å². The maximum absolute atomic E-state index is 13.6. The highest BCUT2D eigenvalue weighted by molar-refractivity contribution is 9.10. The van der Waals surface area contributed by atoms with E-state index in [-0.39, 0.29) is 5.92 Å². The van der Waals surface area contributed by atoms with Crippen LogP contribution >= 0.6 is 15.9 Å². The molecule has 1 aliphatic heterocycles. The molecule has 0 bridgehead atoms. The van der Waals surface area contributed by atoms with Crippen molar-refractivity contribution in [2.45, 2.75) is 19.0 Å². The molecule has 0 amide bonds. The van der Waals surface area contributed by atoms with Crippen molar-refractivity contribution in [3.8, 4) is 0 Å². The number of benzene rings is 1. The van der Waals surface area contributed by atoms with Gasteiger partial charge in [-0.2, -0.15) is 0 Å². The van der Waals surface area contributed by atoms with Crippen LogP contribution < -0.4 is 5.32 Å². The molecule has 0 aliphatic carbocycles. The molecule has 0 radical (unpaired) electrons. The van der Waals surface area contributed by atoms with Gasteiger partial charge in [0.05, 0.1) is 0 Å². The summed E-state index contributed by atoms with van der Waals surface area (Å²) in [6, 6.07) is 8.15. The minimum atomic E-state index is -0.697. The molecule has 1 aromatic rings. The molecule has 2 unspecified atom stereocenters. The van der Waals surface area contributed by atoms with E-state index in [0.29, 0.717) is 6.54 Å². The van der Waals surface area contributed by atoms with Crippen LogP contribution in [0.1, 0.15) is 12.0 Å². The van der Waals surface area contributed by atoms with Gasteiger partial charge >= 0.3 is 0 Å². The molecule has 2 rings (SSSR count). The van der Waals surface area contributed by atoms with Gasteiger partial charge in [0.15, 0.2) is 0 Å². The van der Waals surface area contributed by atoms with Crippen molar-refractivity contribution in [3.05, 3.63) is 34.3 Å². The van der Waals surface area contributed by atoms with Crippen molar-refractivity contribution in [3.63, 3.8) is 0 Å². The topological polar surface area (TPSA) is 12.0 Å². The predicted molar refractivity (Wildman–Crippen MR) is 63.7 cm³/mol. The second-order valence-electron chi connectivity index (χ2n) is 4.10. The smallest absolute Gasteiger partial charge is 0.116 e. The molecule has 1 aliphatic rings. The van der Waals surface area contributed by atoms with E-state index in [4.69, 9.17) is 0 Å². The van der Waals surface area contributed by atoms with Crippen molar-refractivity contribution in [2.75, 3.05) is 13.1 Å². The SMILES string of the molecule is FC1CNCCC1Cc1cccc(Br)c1. The lowest BCUT2D eigenvalue weighted by atomic mass is 9.89. The van der Waals surface area contributed by atoms with Gasteiger partial charge in [0.1, 0.15) is 6.17 Å². The van der Waals surface area contributed by atoms with Crippen molar-refractivity contribution in [2.24, 2.45) is 5.92 Å². The molecule has 1 saturated heterocycles. The van der Waals surface area contributed by atoms with Crippen molar-refractivity contribution >= 4 is 15.9 Å². The Morgan fingerprint density at radius 3 is 3.07 bits per heavy atom. The van der Waals surface area contributed by atoms with Gasteiger partial charge in [-0.25, -0.2) is 4.39 Å². The standard InChI is InChI=1S/C12H15BrFN/c13-11-3-1-2-9(7-11)6-10-4-5-15-8-12(10)14/h1-3,7,10,12,15H,4-6,8H2. The summed E-state index contributed by atoms with van der Waals surface area (Å²) >= 11 is 3.44. The Morgan fingerprint density at radius 2 is 2.33 bits per heavy atom. The van der Waals surface area contributed by atoms with Gasteiger partial charge < -0.3 is 5.32 Å². The zero-order chi connectivity index (χ0) is 10.7. The highest BCUT2D eigenvalue weighted by Gasteiger charge is 2.24. The first kappa shape index (κ1) is 11.1. The Bertz CT molecular complexity index is 329. The van der Waals surface area contributed by atoms with E-state index in [9.17, 15) is 4.39 Å². The van der Waals surface area contributed by atoms with Crippen LogP contribution in [0.2, 0.25) is 0 Å². The van der Waals surface area contributed by atoms with Crippen LogP contribution in [0, 0.1) is 5.92 Å². The van der Waals surface area contributed by atoms with Crippen molar-refractivity contribution < 1.29 is 4.39 Å². The van der Waals surface area contributed by atoms with Gasteiger partial charge in [-0.3, -0.25) is 0 Å². The lowest BCUT2D eigenvalue weighted by molar-refractivity contribution is 0.179. The molecule has 0 saturated carbocycles. The Morgan fingerprint density at radius 1 is 1.47 bits per heavy atom. The number of hydrogen-bond acceptors (Lipinski definition) is 1. The molecule has 3 heteroatoms. The van der Waals surface area contributed by atoms with Gasteiger partial charge in [-0.1, -0.05) is 28.1 Å². The third-order valence-corrected chi connectivity index (χ3v) is 3.42. The van der Waals surface area contributed by atoms with Gasteiger partial charge in [0.25, 0.3) is 0 Å². The van der Waals surface area contributed by atoms with Gasteiger partial charge in [-0.05, 0) is 43.0 Å². The highest BCUT2D eigenvalue weighted by atomic mass is 79.9. The fraction of sp³-hybridized carbons (Fsp3) is 0.500. The summed E-state index contributed by atoms with van der Waals surface area (Å²) < 4.78 is 14.6. The molecule has 0 aromatic heterocycles. The fourth-order valence-corrected chi connectivity index (χ4v) is 2.52. The highest BCUT2D eigenvalue weighted by Crippen LogP contribution is 2.22. The summed E-state index contributed by atoms with van der Waals surface area (Å²) in [7, 11) is 0. The average molecular weight is 272 g/mol. The zero-order valence-electron chi connectivity index (χ0n) is 8.55. The van der Waals surface area contributed by atoms with E-state index in [1.165, 1.54) is 5.56 Å². The first-order valence-electron chi connectivity index (χ1n) is 5.35. The van der Waals surface area contributed by atoms with Crippen molar-refractivity contribution in [1.82, 2.24) is 5.32 Å². The van der Waals surface area contributed by atoms with E-state index in [0.717, 1.165) is 23.9 Å². The van der Waals surface area contributed by atoms with Gasteiger partial charge in [0, 0.05) is 11.0 Å². The number of alkyl halides is 1. The maximum atomic E-state index is 13.6. The molecule has 1 N–H and O–H groups in total. The summed E-state index contributed by atoms with van der Waals surface area (Å²) in [5, 5.41) is 3.08. The third kappa shape index (κ3) is 3.02. The number of halogens is 2. The van der Waals surface area contributed by atoms with E-state index in [1.54, 1.807) is 0 Å².